The quantitative estimate of drug-likeness (QED) is 0.597. The van der Waals surface area contributed by atoms with Gasteiger partial charge >= 0.3 is 0 Å². The number of allylic oxidation sites excluding steroid dienone is 2. The van der Waals surface area contributed by atoms with Gasteiger partial charge in [-0.25, -0.2) is 0 Å². The third-order valence-corrected chi connectivity index (χ3v) is 5.56. The summed E-state index contributed by atoms with van der Waals surface area (Å²) in [5.41, 5.74) is 9.07. The number of hydrogen-bond acceptors (Lipinski definition) is 1. The number of benzene rings is 2. The molecule has 0 amide bonds. The average Bonchev–Trinajstić information content (AvgIpc) is 2.84. The van der Waals surface area contributed by atoms with Crippen LogP contribution >= 0.6 is 0 Å². The largest absolute Gasteiger partial charge is 0.364 e. The monoisotopic (exact) mass is 317 g/mol. The molecule has 24 heavy (non-hydrogen) atoms. The second-order valence-corrected chi connectivity index (χ2v) is 7.41. The maximum absolute atomic E-state index is 2.57. The zero-order valence-corrected chi connectivity index (χ0v) is 14.9. The molecule has 1 aliphatic heterocycles. The van der Waals surface area contributed by atoms with Crippen LogP contribution in [0.25, 0.3) is 11.1 Å². The first-order chi connectivity index (χ1) is 11.8. The molecule has 0 spiro atoms. The van der Waals surface area contributed by atoms with Crippen LogP contribution in [0.4, 0.5) is 5.69 Å². The zero-order chi connectivity index (χ0) is 16.5. The summed E-state index contributed by atoms with van der Waals surface area (Å²) >= 11 is 0. The van der Waals surface area contributed by atoms with Crippen molar-refractivity contribution < 1.29 is 0 Å². The van der Waals surface area contributed by atoms with Gasteiger partial charge in [-0.15, -0.1) is 0 Å². The number of hydrogen-bond donors (Lipinski definition) is 0. The Kier molecular flexibility index (Phi) is 4.18. The van der Waals surface area contributed by atoms with Crippen LogP contribution in [0, 0.1) is 0 Å². The van der Waals surface area contributed by atoms with E-state index in [1.807, 2.05) is 0 Å². The number of rotatable bonds is 1. The van der Waals surface area contributed by atoms with Crippen molar-refractivity contribution in [2.75, 3.05) is 4.90 Å². The average molecular weight is 317 g/mol. The molecule has 4 rings (SSSR count). The van der Waals surface area contributed by atoms with E-state index in [2.05, 4.69) is 67.3 Å². The smallest absolute Gasteiger partial charge is 0.0448 e. The molecule has 1 nitrogen and oxygen atoms in total. The van der Waals surface area contributed by atoms with Crippen molar-refractivity contribution in [1.29, 1.82) is 0 Å². The van der Waals surface area contributed by atoms with Crippen molar-refractivity contribution >= 4 is 16.8 Å². The highest BCUT2D eigenvalue weighted by molar-refractivity contribution is 5.96. The predicted octanol–water partition coefficient (Wildman–Crippen LogP) is 6.29. The summed E-state index contributed by atoms with van der Waals surface area (Å²) < 4.78 is 0. The predicted molar refractivity (Wildman–Crippen MR) is 104 cm³/mol. The molecule has 1 heterocycles. The highest BCUT2D eigenvalue weighted by Crippen LogP contribution is 2.43. The first-order valence-corrected chi connectivity index (χ1v) is 9.42. The van der Waals surface area contributed by atoms with Crippen LogP contribution < -0.4 is 4.90 Å². The molecule has 0 saturated heterocycles. The number of nitrogens with zero attached hydrogens (tertiary/aromatic N) is 1. The highest BCUT2D eigenvalue weighted by atomic mass is 15.2. The van der Waals surface area contributed by atoms with Gasteiger partial charge in [-0.05, 0) is 67.9 Å². The maximum Gasteiger partial charge on any atom is 0.0448 e. The third-order valence-electron chi connectivity index (χ3n) is 5.56. The Morgan fingerprint density at radius 1 is 0.750 bits per heavy atom. The molecule has 124 valence electrons. The van der Waals surface area contributed by atoms with Crippen LogP contribution in [0.2, 0.25) is 0 Å². The van der Waals surface area contributed by atoms with Crippen molar-refractivity contribution in [2.24, 2.45) is 0 Å². The van der Waals surface area contributed by atoms with Crippen LogP contribution in [0.1, 0.15) is 62.6 Å². The van der Waals surface area contributed by atoms with Crippen molar-refractivity contribution in [3.05, 3.63) is 65.2 Å². The number of para-hydroxylation sites is 1. The summed E-state index contributed by atoms with van der Waals surface area (Å²) in [5, 5.41) is 0. The Morgan fingerprint density at radius 3 is 2.12 bits per heavy atom. The lowest BCUT2D eigenvalue weighted by Crippen LogP contribution is -2.32. The first-order valence-electron chi connectivity index (χ1n) is 9.42. The fourth-order valence-electron chi connectivity index (χ4n) is 4.34. The van der Waals surface area contributed by atoms with E-state index < -0.39 is 0 Å². The van der Waals surface area contributed by atoms with E-state index >= 15 is 0 Å². The summed E-state index contributed by atoms with van der Waals surface area (Å²) in [5.74, 6) is 0. The molecule has 1 aliphatic carbocycles. The summed E-state index contributed by atoms with van der Waals surface area (Å²) in [4.78, 5) is 2.57. The topological polar surface area (TPSA) is 3.24 Å². The molecule has 0 aromatic heterocycles. The van der Waals surface area contributed by atoms with Crippen molar-refractivity contribution in [3.63, 3.8) is 0 Å². The van der Waals surface area contributed by atoms with E-state index in [9.17, 15) is 0 Å². The van der Waals surface area contributed by atoms with E-state index in [1.165, 1.54) is 54.5 Å². The van der Waals surface area contributed by atoms with Crippen LogP contribution in [0.15, 0.2) is 48.5 Å². The summed E-state index contributed by atoms with van der Waals surface area (Å²) in [6.45, 7) is 5.62. The molecule has 0 atom stereocenters. The first kappa shape index (κ1) is 15.5. The molecule has 0 radical (unpaired) electrons. The molecular formula is C23H27N. The van der Waals surface area contributed by atoms with Crippen molar-refractivity contribution in [3.8, 4) is 0 Å². The van der Waals surface area contributed by atoms with Gasteiger partial charge in [0.2, 0.25) is 0 Å². The Morgan fingerprint density at radius 2 is 1.38 bits per heavy atom. The summed E-state index contributed by atoms with van der Waals surface area (Å²) in [7, 11) is 0. The van der Waals surface area contributed by atoms with Crippen LogP contribution in [0.5, 0.6) is 0 Å². The minimum Gasteiger partial charge on any atom is -0.364 e. The van der Waals surface area contributed by atoms with E-state index in [0.29, 0.717) is 6.04 Å². The molecule has 0 N–H and O–H groups in total. The van der Waals surface area contributed by atoms with Gasteiger partial charge in [-0.3, -0.25) is 0 Å². The molecule has 0 bridgehead atoms. The maximum atomic E-state index is 2.57. The van der Waals surface area contributed by atoms with Crippen molar-refractivity contribution in [2.45, 2.75) is 58.5 Å². The summed E-state index contributed by atoms with van der Waals surface area (Å²) in [6, 6.07) is 18.6. The third kappa shape index (κ3) is 2.66. The van der Waals surface area contributed by atoms with Gasteiger partial charge in [0.25, 0.3) is 0 Å². The molecule has 2 aromatic carbocycles. The van der Waals surface area contributed by atoms with E-state index in [1.54, 1.807) is 11.1 Å². The van der Waals surface area contributed by atoms with Gasteiger partial charge in [0.05, 0.1) is 0 Å². The Hall–Kier alpha value is -2.02. The lowest BCUT2D eigenvalue weighted by Gasteiger charge is -2.35. The van der Waals surface area contributed by atoms with Gasteiger partial charge in [0, 0.05) is 23.8 Å². The summed E-state index contributed by atoms with van der Waals surface area (Å²) in [6.07, 6.45) is 6.43. The van der Waals surface area contributed by atoms with E-state index in [4.69, 9.17) is 0 Å². The minimum absolute atomic E-state index is 0.493. The molecule has 1 heteroatoms. The highest BCUT2D eigenvalue weighted by Gasteiger charge is 2.25. The molecule has 0 unspecified atom stereocenters. The second-order valence-electron chi connectivity index (χ2n) is 7.41. The van der Waals surface area contributed by atoms with Crippen LogP contribution in [-0.4, -0.2) is 6.04 Å². The Labute approximate surface area is 146 Å². The Bertz CT molecular complexity index is 769. The van der Waals surface area contributed by atoms with Crippen LogP contribution in [-0.2, 0) is 6.54 Å². The fraction of sp³-hybridized carbons (Fsp3) is 0.391. The molecule has 0 fully saturated rings. The molecule has 2 aromatic rings. The molecule has 2 aliphatic rings. The van der Waals surface area contributed by atoms with Gasteiger partial charge in [-0.1, -0.05) is 48.9 Å². The standard InChI is InChI=1S/C23H27N/c1-17(2)24-16-18-10-6-7-11-19(18)20-12-4-3-5-13-21(20)22-14-8-9-15-23(22)24/h6-11,14-15,17H,3-5,12-13,16H2,1-2H3. The van der Waals surface area contributed by atoms with Gasteiger partial charge in [0.15, 0.2) is 0 Å². The van der Waals surface area contributed by atoms with Crippen LogP contribution in [0.3, 0.4) is 0 Å². The SMILES string of the molecule is CC(C)N1Cc2ccccc2C2=C(CCCCC2)c2ccccc21. The van der Waals surface area contributed by atoms with Gasteiger partial charge < -0.3 is 4.90 Å². The molecule has 0 saturated carbocycles. The minimum atomic E-state index is 0.493. The lowest BCUT2D eigenvalue weighted by molar-refractivity contribution is 0.680. The second kappa shape index (κ2) is 6.47. The fourth-order valence-corrected chi connectivity index (χ4v) is 4.34. The van der Waals surface area contributed by atoms with Crippen molar-refractivity contribution in [1.82, 2.24) is 0 Å². The lowest BCUT2D eigenvalue weighted by atomic mass is 9.86. The molecular weight excluding hydrogens is 290 g/mol. The Balaban J connectivity index is 2.01. The number of fused-ring (bicyclic) bond motifs is 4. The zero-order valence-electron chi connectivity index (χ0n) is 14.9. The van der Waals surface area contributed by atoms with E-state index in [-0.39, 0.29) is 0 Å². The van der Waals surface area contributed by atoms with Gasteiger partial charge in [0.1, 0.15) is 0 Å². The van der Waals surface area contributed by atoms with Gasteiger partial charge in [-0.2, -0.15) is 0 Å². The normalized spacial score (nSPS) is 17.5. The van der Waals surface area contributed by atoms with E-state index in [0.717, 1.165) is 6.54 Å². The number of anilines is 1.